The van der Waals surface area contributed by atoms with Crippen LogP contribution in [0.4, 0.5) is 0 Å². The van der Waals surface area contributed by atoms with Crippen molar-refractivity contribution in [1.82, 2.24) is 25.4 Å². The smallest absolute Gasteiger partial charge is 0.277 e. The van der Waals surface area contributed by atoms with Crippen molar-refractivity contribution in [3.63, 3.8) is 0 Å². The van der Waals surface area contributed by atoms with E-state index in [-0.39, 0.29) is 30.2 Å². The lowest BCUT2D eigenvalue weighted by molar-refractivity contribution is -0.134. The van der Waals surface area contributed by atoms with Crippen molar-refractivity contribution in [2.24, 2.45) is 0 Å². The molecular formula is C16H21N5O3S. The van der Waals surface area contributed by atoms with Crippen LogP contribution in [0.3, 0.4) is 0 Å². The van der Waals surface area contributed by atoms with Crippen LogP contribution in [-0.2, 0) is 9.59 Å². The van der Waals surface area contributed by atoms with Crippen LogP contribution >= 0.6 is 11.8 Å². The van der Waals surface area contributed by atoms with E-state index < -0.39 is 0 Å². The van der Waals surface area contributed by atoms with E-state index in [1.165, 1.54) is 4.90 Å². The molecule has 0 fully saturated rings. The van der Waals surface area contributed by atoms with E-state index in [1.54, 1.807) is 18.5 Å². The normalized spacial score (nSPS) is 10.7. The van der Waals surface area contributed by atoms with E-state index in [4.69, 9.17) is 4.42 Å². The minimum Gasteiger partial charge on any atom is -0.411 e. The van der Waals surface area contributed by atoms with Gasteiger partial charge in [-0.25, -0.2) is 0 Å². The summed E-state index contributed by atoms with van der Waals surface area (Å²) in [5.74, 6) is 0.142. The molecule has 0 unspecified atom stereocenters. The van der Waals surface area contributed by atoms with Crippen molar-refractivity contribution in [1.29, 1.82) is 0 Å². The summed E-state index contributed by atoms with van der Waals surface area (Å²) in [5.41, 5.74) is 0.716. The monoisotopic (exact) mass is 363 g/mol. The second-order valence-corrected chi connectivity index (χ2v) is 6.46. The Labute approximate surface area is 150 Å². The maximum Gasteiger partial charge on any atom is 0.277 e. The Morgan fingerprint density at radius 3 is 2.80 bits per heavy atom. The molecule has 0 spiro atoms. The highest BCUT2D eigenvalue weighted by atomic mass is 32.2. The summed E-state index contributed by atoms with van der Waals surface area (Å²) in [5, 5.41) is 10.9. The van der Waals surface area contributed by atoms with E-state index in [2.05, 4.69) is 20.5 Å². The molecule has 2 aromatic heterocycles. The molecule has 2 aromatic rings. The fourth-order valence-electron chi connectivity index (χ4n) is 2.01. The van der Waals surface area contributed by atoms with Crippen LogP contribution in [0.2, 0.25) is 0 Å². The molecule has 0 bridgehead atoms. The molecule has 0 aliphatic heterocycles. The summed E-state index contributed by atoms with van der Waals surface area (Å²) < 4.78 is 5.52. The number of aromatic nitrogens is 3. The molecule has 0 atom stereocenters. The van der Waals surface area contributed by atoms with Crippen molar-refractivity contribution in [3.8, 4) is 11.5 Å². The van der Waals surface area contributed by atoms with E-state index in [9.17, 15) is 9.59 Å². The fraction of sp³-hybridized carbons (Fsp3) is 0.438. The predicted octanol–water partition coefficient (Wildman–Crippen LogP) is 1.60. The highest BCUT2D eigenvalue weighted by molar-refractivity contribution is 7.99. The molecule has 0 aromatic carbocycles. The minimum atomic E-state index is -0.174. The van der Waals surface area contributed by atoms with Crippen molar-refractivity contribution in [2.75, 3.05) is 18.8 Å². The van der Waals surface area contributed by atoms with Crippen molar-refractivity contribution in [2.45, 2.75) is 32.0 Å². The minimum absolute atomic E-state index is 0.0405. The first-order valence-corrected chi connectivity index (χ1v) is 8.92. The van der Waals surface area contributed by atoms with Gasteiger partial charge < -0.3 is 14.6 Å². The first-order chi connectivity index (χ1) is 12.0. The maximum absolute atomic E-state index is 12.3. The molecule has 2 rings (SSSR count). The molecule has 0 radical (unpaired) electrons. The first-order valence-electron chi connectivity index (χ1n) is 7.93. The number of carbonyl (C=O) groups is 2. The number of nitrogens with one attached hydrogen (secondary N) is 1. The zero-order valence-corrected chi connectivity index (χ0v) is 15.2. The number of likely N-dealkylation sites (N-methyl/N-ethyl adjacent to an activating group) is 1. The lowest BCUT2D eigenvalue weighted by Crippen LogP contribution is -2.43. The summed E-state index contributed by atoms with van der Waals surface area (Å²) in [6.07, 6.45) is 3.28. The second-order valence-electron chi connectivity index (χ2n) is 5.53. The standard InChI is InChI=1S/C16H21N5O3S/c1-4-21(9-13(22)18-11(2)3)14(23)10-25-16-20-19-15(24-16)12-6-5-7-17-8-12/h5-8,11H,4,9-10H2,1-3H3,(H,18,22). The number of nitrogens with zero attached hydrogens (tertiary/aromatic N) is 4. The van der Waals surface area contributed by atoms with Gasteiger partial charge in [-0.1, -0.05) is 11.8 Å². The van der Waals surface area contributed by atoms with Gasteiger partial charge in [-0.15, -0.1) is 10.2 Å². The summed E-state index contributed by atoms with van der Waals surface area (Å²) >= 11 is 1.15. The van der Waals surface area contributed by atoms with Gasteiger partial charge in [0.1, 0.15) is 0 Å². The number of pyridine rings is 1. The molecule has 0 saturated carbocycles. The topological polar surface area (TPSA) is 101 Å². The quantitative estimate of drug-likeness (QED) is 0.711. The zero-order valence-electron chi connectivity index (χ0n) is 14.4. The highest BCUT2D eigenvalue weighted by Crippen LogP contribution is 2.22. The largest absolute Gasteiger partial charge is 0.411 e. The molecule has 25 heavy (non-hydrogen) atoms. The number of amides is 2. The molecule has 9 heteroatoms. The van der Waals surface area contributed by atoms with Gasteiger partial charge in [-0.3, -0.25) is 14.6 Å². The van der Waals surface area contributed by atoms with Crippen LogP contribution in [-0.4, -0.2) is 56.8 Å². The van der Waals surface area contributed by atoms with Crippen molar-refractivity contribution in [3.05, 3.63) is 24.5 Å². The Kier molecular flexibility index (Phi) is 6.93. The second kappa shape index (κ2) is 9.16. The van der Waals surface area contributed by atoms with Gasteiger partial charge in [-0.05, 0) is 32.9 Å². The van der Waals surface area contributed by atoms with E-state index in [1.807, 2.05) is 26.8 Å². The molecule has 0 aliphatic carbocycles. The molecule has 0 saturated heterocycles. The van der Waals surface area contributed by atoms with Gasteiger partial charge >= 0.3 is 0 Å². The number of hydrogen-bond acceptors (Lipinski definition) is 7. The summed E-state index contributed by atoms with van der Waals surface area (Å²) in [6.45, 7) is 6.08. The number of carbonyl (C=O) groups excluding carboxylic acids is 2. The summed E-state index contributed by atoms with van der Waals surface area (Å²) in [4.78, 5) is 29.6. The number of hydrogen-bond donors (Lipinski definition) is 1. The van der Waals surface area contributed by atoms with Crippen LogP contribution in [0.15, 0.2) is 34.2 Å². The molecular weight excluding hydrogens is 342 g/mol. The Bertz CT molecular complexity index is 705. The molecule has 2 amide bonds. The van der Waals surface area contributed by atoms with Crippen LogP contribution in [0.1, 0.15) is 20.8 Å². The van der Waals surface area contributed by atoms with Crippen LogP contribution in [0, 0.1) is 0 Å². The van der Waals surface area contributed by atoms with Gasteiger partial charge in [-0.2, -0.15) is 0 Å². The van der Waals surface area contributed by atoms with Crippen LogP contribution in [0.25, 0.3) is 11.5 Å². The number of rotatable bonds is 8. The fourth-order valence-corrected chi connectivity index (χ4v) is 2.67. The molecule has 0 aliphatic rings. The average Bonchev–Trinajstić information content (AvgIpc) is 3.06. The maximum atomic E-state index is 12.3. The third-order valence-electron chi connectivity index (χ3n) is 3.15. The third kappa shape index (κ3) is 5.86. The summed E-state index contributed by atoms with van der Waals surface area (Å²) in [6, 6.07) is 3.63. The average molecular weight is 363 g/mol. The SMILES string of the molecule is CCN(CC(=O)NC(C)C)C(=O)CSc1nnc(-c2cccnc2)o1. The first kappa shape index (κ1) is 18.9. The van der Waals surface area contributed by atoms with Gasteiger partial charge in [0.05, 0.1) is 17.9 Å². The Morgan fingerprint density at radius 2 is 2.16 bits per heavy atom. The summed E-state index contributed by atoms with van der Waals surface area (Å²) in [7, 11) is 0. The third-order valence-corrected chi connectivity index (χ3v) is 3.96. The van der Waals surface area contributed by atoms with Gasteiger partial charge in [0.2, 0.25) is 17.7 Å². The Morgan fingerprint density at radius 1 is 1.36 bits per heavy atom. The van der Waals surface area contributed by atoms with Crippen LogP contribution < -0.4 is 5.32 Å². The van der Waals surface area contributed by atoms with E-state index in [0.29, 0.717) is 23.2 Å². The lowest BCUT2D eigenvalue weighted by Gasteiger charge is -2.20. The van der Waals surface area contributed by atoms with Crippen molar-refractivity contribution >= 4 is 23.6 Å². The lowest BCUT2D eigenvalue weighted by atomic mass is 10.3. The molecule has 2 heterocycles. The van der Waals surface area contributed by atoms with Gasteiger partial charge in [0.25, 0.3) is 5.22 Å². The van der Waals surface area contributed by atoms with E-state index >= 15 is 0 Å². The van der Waals surface area contributed by atoms with Gasteiger partial charge in [0.15, 0.2) is 0 Å². The highest BCUT2D eigenvalue weighted by Gasteiger charge is 2.18. The molecule has 134 valence electrons. The molecule has 8 nitrogen and oxygen atoms in total. The van der Waals surface area contributed by atoms with Gasteiger partial charge in [0, 0.05) is 25.0 Å². The number of thioether (sulfide) groups is 1. The predicted molar refractivity (Wildman–Crippen MR) is 93.8 cm³/mol. The molecule has 1 N–H and O–H groups in total. The van der Waals surface area contributed by atoms with E-state index in [0.717, 1.165) is 11.8 Å². The van der Waals surface area contributed by atoms with Crippen LogP contribution in [0.5, 0.6) is 0 Å². The zero-order chi connectivity index (χ0) is 18.2. The van der Waals surface area contributed by atoms with Crippen molar-refractivity contribution < 1.29 is 14.0 Å². The Balaban J connectivity index is 1.88. The Hall–Kier alpha value is -2.42.